The van der Waals surface area contributed by atoms with Crippen molar-refractivity contribution in [1.29, 1.82) is 0 Å². The molecule has 2 N–H and O–H groups in total. The fourth-order valence-corrected chi connectivity index (χ4v) is 10.5. The minimum Gasteiger partial charge on any atom is -0.423 e. The van der Waals surface area contributed by atoms with Gasteiger partial charge in [0.15, 0.2) is 0 Å². The van der Waals surface area contributed by atoms with Crippen molar-refractivity contribution >= 4 is 117 Å². The van der Waals surface area contributed by atoms with Gasteiger partial charge in [0.05, 0.1) is 21.4 Å². The lowest BCUT2D eigenvalue weighted by Gasteiger charge is -2.11. The molecule has 0 aliphatic carbocycles. The Morgan fingerprint density at radius 1 is 0.342 bits per heavy atom. The molecule has 12 heteroatoms. The maximum atomic E-state index is 9.44. The summed E-state index contributed by atoms with van der Waals surface area (Å²) >= 11 is 16.5. The zero-order chi connectivity index (χ0) is 51.7. The Labute approximate surface area is 455 Å². The van der Waals surface area contributed by atoms with Gasteiger partial charge in [0.25, 0.3) is 0 Å². The molecule has 76 heavy (non-hydrogen) atoms. The van der Waals surface area contributed by atoms with E-state index in [2.05, 4.69) is 105 Å². The molecule has 8 nitrogen and oxygen atoms in total. The van der Waals surface area contributed by atoms with Gasteiger partial charge in [-0.3, -0.25) is 0 Å². The summed E-state index contributed by atoms with van der Waals surface area (Å²) in [4.78, 5) is 3.31. The molecule has 0 spiro atoms. The summed E-state index contributed by atoms with van der Waals surface area (Å²) in [6.45, 7) is 0. The topological polar surface area (TPSA) is 102 Å². The van der Waals surface area contributed by atoms with Crippen LogP contribution in [0, 0.1) is 0 Å². The van der Waals surface area contributed by atoms with Crippen molar-refractivity contribution in [2.45, 2.75) is 0 Å². The van der Waals surface area contributed by atoms with Crippen LogP contribution in [0.4, 0.5) is 0 Å². The number of nitrogens with zero attached hydrogens (tertiary/aromatic N) is 6. The molecule has 0 amide bonds. The highest BCUT2D eigenvalue weighted by Crippen LogP contribution is 2.37. The molecule has 0 aliphatic rings. The lowest BCUT2D eigenvalue weighted by atomic mass is 9.76. The van der Waals surface area contributed by atoms with Gasteiger partial charge < -0.3 is 10.0 Å². The quantitative estimate of drug-likeness (QED) is 0.127. The SMILES string of the molecule is Clc1cc2nn(-c3ccc(-c4cc5ccccc5c5ccccc45)cc3)nc2cc1-c1ccccc1.Clc1cc2nn(-c3ccc(Br)cc3)nc2cc1-c1ccccc1.OB(O)c1cc2ccccc2c2ccccc12. The van der Waals surface area contributed by atoms with Gasteiger partial charge in [0, 0.05) is 15.6 Å². The van der Waals surface area contributed by atoms with Gasteiger partial charge in [0.2, 0.25) is 0 Å². The van der Waals surface area contributed by atoms with Crippen molar-refractivity contribution in [3.8, 4) is 44.8 Å². The number of hydrogen-bond donors (Lipinski definition) is 2. The summed E-state index contributed by atoms with van der Waals surface area (Å²) in [5.41, 5.74) is 11.9. The second kappa shape index (κ2) is 21.0. The van der Waals surface area contributed by atoms with Crippen molar-refractivity contribution < 1.29 is 10.0 Å². The smallest absolute Gasteiger partial charge is 0.423 e. The van der Waals surface area contributed by atoms with Crippen LogP contribution in [0.15, 0.2) is 247 Å². The first-order chi connectivity index (χ1) is 37.2. The molecule has 2 heterocycles. The minimum atomic E-state index is -1.44. The zero-order valence-corrected chi connectivity index (χ0v) is 43.5. The highest BCUT2D eigenvalue weighted by Gasteiger charge is 2.17. The maximum Gasteiger partial charge on any atom is 0.489 e. The van der Waals surface area contributed by atoms with Gasteiger partial charge in [-0.15, -0.1) is 20.4 Å². The molecule has 0 radical (unpaired) electrons. The summed E-state index contributed by atoms with van der Waals surface area (Å²) in [6, 6.07) is 81.2. The third-order valence-corrected chi connectivity index (χ3v) is 14.6. The second-order valence-corrected chi connectivity index (χ2v) is 19.9. The largest absolute Gasteiger partial charge is 0.489 e. The van der Waals surface area contributed by atoms with Gasteiger partial charge in [-0.25, -0.2) is 0 Å². The highest BCUT2D eigenvalue weighted by atomic mass is 79.9. The summed E-state index contributed by atoms with van der Waals surface area (Å²) in [5, 5.41) is 47.9. The van der Waals surface area contributed by atoms with E-state index < -0.39 is 7.12 Å². The van der Waals surface area contributed by atoms with Crippen molar-refractivity contribution in [1.82, 2.24) is 30.0 Å². The molecular weight excluding hydrogens is 1050 g/mol. The van der Waals surface area contributed by atoms with Crippen molar-refractivity contribution in [3.63, 3.8) is 0 Å². The monoisotopic (exact) mass is 1090 g/mol. The van der Waals surface area contributed by atoms with E-state index in [9.17, 15) is 10.0 Å². The van der Waals surface area contributed by atoms with Gasteiger partial charge in [0.1, 0.15) is 22.1 Å². The lowest BCUT2D eigenvalue weighted by molar-refractivity contribution is 0.426. The molecule has 2 aromatic heterocycles. The van der Waals surface area contributed by atoms with Crippen molar-refractivity contribution in [2.24, 2.45) is 0 Å². The third-order valence-electron chi connectivity index (χ3n) is 13.4. The summed E-state index contributed by atoms with van der Waals surface area (Å²) in [6.07, 6.45) is 0. The first-order valence-corrected chi connectivity index (χ1v) is 26.1. The molecule has 0 saturated heterocycles. The number of aromatic nitrogens is 6. The van der Waals surface area contributed by atoms with Gasteiger partial charge in [-0.2, -0.15) is 9.59 Å². The van der Waals surface area contributed by atoms with Crippen molar-refractivity contribution in [3.05, 3.63) is 257 Å². The number of halogens is 3. The van der Waals surface area contributed by atoms with Gasteiger partial charge in [-0.1, -0.05) is 215 Å². The summed E-state index contributed by atoms with van der Waals surface area (Å²) < 4.78 is 1.02. The van der Waals surface area contributed by atoms with Crippen LogP contribution in [0.5, 0.6) is 0 Å². The number of fused-ring (bicyclic) bond motifs is 8. The maximum absolute atomic E-state index is 9.44. The van der Waals surface area contributed by atoms with Crippen LogP contribution in [0.3, 0.4) is 0 Å². The summed E-state index contributed by atoms with van der Waals surface area (Å²) in [5.74, 6) is 0. The van der Waals surface area contributed by atoms with Crippen molar-refractivity contribution in [2.75, 3.05) is 0 Å². The van der Waals surface area contributed by atoms with Gasteiger partial charge in [-0.05, 0) is 138 Å². The molecule has 0 fully saturated rings. The Kier molecular flexibility index (Phi) is 13.4. The minimum absolute atomic E-state index is 0.555. The van der Waals surface area contributed by atoms with E-state index in [1.165, 1.54) is 27.1 Å². The molecule has 364 valence electrons. The third kappa shape index (κ3) is 9.72. The molecule has 0 saturated carbocycles. The van der Waals surface area contributed by atoms with E-state index in [-0.39, 0.29) is 0 Å². The van der Waals surface area contributed by atoms with Crippen LogP contribution < -0.4 is 5.46 Å². The molecule has 0 aliphatic heterocycles. The van der Waals surface area contributed by atoms with E-state index in [1.54, 1.807) is 9.59 Å². The van der Waals surface area contributed by atoms with Crippen LogP contribution in [-0.2, 0) is 0 Å². The average molecular weight is 1090 g/mol. The molecule has 0 bridgehead atoms. The fraction of sp³-hybridized carbons (Fsp3) is 0. The Morgan fingerprint density at radius 2 is 0.711 bits per heavy atom. The number of hydrogen-bond acceptors (Lipinski definition) is 6. The fourth-order valence-electron chi connectivity index (χ4n) is 9.72. The van der Waals surface area contributed by atoms with E-state index >= 15 is 0 Å². The molecular formula is C64H42BBrCl2N6O2. The molecule has 14 aromatic rings. The van der Waals surface area contributed by atoms with E-state index in [1.807, 2.05) is 164 Å². The zero-order valence-electron chi connectivity index (χ0n) is 40.4. The van der Waals surface area contributed by atoms with Crippen LogP contribution in [0.1, 0.15) is 0 Å². The first kappa shape index (κ1) is 48.5. The normalized spacial score (nSPS) is 11.2. The van der Waals surface area contributed by atoms with Crippen LogP contribution in [-0.4, -0.2) is 47.2 Å². The van der Waals surface area contributed by atoms with E-state index in [4.69, 9.17) is 33.4 Å². The Bertz CT molecular complexity index is 4420. The standard InChI is InChI=1S/C32H20ClN3.C18H11BrClN3.C14H11BO2/c33-30-20-32-31(19-29(30)21-8-2-1-3-9-21)34-36(35-32)24-16-14-22(15-17-24)28-18-23-10-4-5-11-25(23)26-12-6-7-13-27(26)28;19-13-6-8-14(9-7-13)23-21-17-10-15(12-4-2-1-3-5-12)16(20)11-18(17)22-23;16-15(17)14-9-10-5-1-2-6-11(10)12-7-3-4-8-13(12)14/h1-20H;1-11H;1-9,16-17H. The predicted molar refractivity (Wildman–Crippen MR) is 318 cm³/mol. The molecule has 12 aromatic carbocycles. The molecule has 14 rings (SSSR count). The molecule has 0 unspecified atom stereocenters. The predicted octanol–water partition coefficient (Wildman–Crippen LogP) is 15.9. The average Bonchev–Trinajstić information content (AvgIpc) is 4.13. The van der Waals surface area contributed by atoms with E-state index in [0.29, 0.717) is 15.5 Å². The molecule has 0 atom stereocenters. The Hall–Kier alpha value is -8.48. The van der Waals surface area contributed by atoms with E-state index in [0.717, 1.165) is 87.3 Å². The Morgan fingerprint density at radius 3 is 1.20 bits per heavy atom. The van der Waals surface area contributed by atoms with Crippen LogP contribution in [0.2, 0.25) is 10.0 Å². The lowest BCUT2D eigenvalue weighted by Crippen LogP contribution is -2.30. The first-order valence-electron chi connectivity index (χ1n) is 24.5. The van der Waals surface area contributed by atoms with Crippen LogP contribution >= 0.6 is 39.1 Å². The Balaban J connectivity index is 0.000000125. The van der Waals surface area contributed by atoms with Crippen LogP contribution in [0.25, 0.3) is 110 Å². The highest BCUT2D eigenvalue weighted by molar-refractivity contribution is 9.10. The van der Waals surface area contributed by atoms with Gasteiger partial charge >= 0.3 is 7.12 Å². The second-order valence-electron chi connectivity index (χ2n) is 18.2. The summed E-state index contributed by atoms with van der Waals surface area (Å²) in [7, 11) is -1.44. The number of rotatable bonds is 6. The number of benzene rings is 12.